The van der Waals surface area contributed by atoms with Crippen LogP contribution >= 0.6 is 0 Å². The second-order valence-corrected chi connectivity index (χ2v) is 5.64. The highest BCUT2D eigenvalue weighted by molar-refractivity contribution is 5.99. The van der Waals surface area contributed by atoms with E-state index >= 15 is 0 Å². The molecule has 20 heavy (non-hydrogen) atoms. The van der Waals surface area contributed by atoms with Crippen LogP contribution in [-0.4, -0.2) is 49.6 Å². The zero-order valence-electron chi connectivity index (χ0n) is 12.3. The molecule has 1 N–H and O–H groups in total. The number of amides is 1. The fourth-order valence-electron chi connectivity index (χ4n) is 2.55. The van der Waals surface area contributed by atoms with Gasteiger partial charge in [0.05, 0.1) is 5.54 Å². The molecule has 1 aliphatic heterocycles. The molecule has 0 bridgehead atoms. The van der Waals surface area contributed by atoms with E-state index in [1.807, 2.05) is 13.8 Å². The highest BCUT2D eigenvalue weighted by Crippen LogP contribution is 2.22. The summed E-state index contributed by atoms with van der Waals surface area (Å²) in [7, 11) is 1.74. The molecule has 2 rings (SSSR count). The van der Waals surface area contributed by atoms with Crippen molar-refractivity contribution < 1.29 is 9.18 Å². The molecule has 1 aromatic rings. The van der Waals surface area contributed by atoms with Gasteiger partial charge in [-0.3, -0.25) is 9.69 Å². The van der Waals surface area contributed by atoms with Gasteiger partial charge in [-0.1, -0.05) is 0 Å². The first-order valence-electron chi connectivity index (χ1n) is 6.92. The van der Waals surface area contributed by atoms with Crippen LogP contribution in [0.4, 0.5) is 10.1 Å². The Morgan fingerprint density at radius 1 is 1.25 bits per heavy atom. The van der Waals surface area contributed by atoms with Crippen molar-refractivity contribution in [1.29, 1.82) is 0 Å². The monoisotopic (exact) mass is 279 g/mol. The molecule has 1 heterocycles. The largest absolute Gasteiger partial charge is 0.314 e. The first kappa shape index (κ1) is 14.9. The Balaban J connectivity index is 2.14. The van der Waals surface area contributed by atoms with Crippen LogP contribution in [0.15, 0.2) is 24.3 Å². The van der Waals surface area contributed by atoms with Crippen molar-refractivity contribution in [3.05, 3.63) is 30.1 Å². The molecule has 1 amide bonds. The SMILES string of the molecule is CN(C(=O)C(C)(C)N1CCNCC1)c1ccc(F)cc1. The summed E-state index contributed by atoms with van der Waals surface area (Å²) < 4.78 is 13.0. The summed E-state index contributed by atoms with van der Waals surface area (Å²) in [5.74, 6) is -0.276. The van der Waals surface area contributed by atoms with Gasteiger partial charge in [-0.05, 0) is 38.1 Å². The molecule has 110 valence electrons. The minimum atomic E-state index is -0.564. The zero-order valence-corrected chi connectivity index (χ0v) is 12.3. The van der Waals surface area contributed by atoms with Crippen LogP contribution in [0.5, 0.6) is 0 Å². The summed E-state index contributed by atoms with van der Waals surface area (Å²) in [4.78, 5) is 16.5. The minimum absolute atomic E-state index is 0.0195. The van der Waals surface area contributed by atoms with E-state index in [1.54, 1.807) is 24.1 Å². The van der Waals surface area contributed by atoms with E-state index in [4.69, 9.17) is 0 Å². The molecule has 1 aliphatic rings. The summed E-state index contributed by atoms with van der Waals surface area (Å²) in [5, 5.41) is 3.28. The lowest BCUT2D eigenvalue weighted by atomic mass is 9.99. The van der Waals surface area contributed by atoms with E-state index in [-0.39, 0.29) is 11.7 Å². The van der Waals surface area contributed by atoms with E-state index in [2.05, 4.69) is 10.2 Å². The Morgan fingerprint density at radius 3 is 2.35 bits per heavy atom. The van der Waals surface area contributed by atoms with Crippen LogP contribution in [-0.2, 0) is 4.79 Å². The predicted molar refractivity (Wildman–Crippen MR) is 78.3 cm³/mol. The number of hydrogen-bond acceptors (Lipinski definition) is 3. The smallest absolute Gasteiger partial charge is 0.246 e. The molecule has 0 saturated carbocycles. The number of benzene rings is 1. The molecule has 0 unspecified atom stereocenters. The Morgan fingerprint density at radius 2 is 1.80 bits per heavy atom. The van der Waals surface area contributed by atoms with Gasteiger partial charge >= 0.3 is 0 Å². The maximum atomic E-state index is 13.0. The van der Waals surface area contributed by atoms with Gasteiger partial charge in [-0.15, -0.1) is 0 Å². The van der Waals surface area contributed by atoms with E-state index in [0.29, 0.717) is 5.69 Å². The first-order valence-corrected chi connectivity index (χ1v) is 6.92. The van der Waals surface area contributed by atoms with Crippen molar-refractivity contribution >= 4 is 11.6 Å². The maximum absolute atomic E-state index is 13.0. The number of piperazine rings is 1. The van der Waals surface area contributed by atoms with Crippen LogP contribution < -0.4 is 10.2 Å². The van der Waals surface area contributed by atoms with Crippen LogP contribution in [0.1, 0.15) is 13.8 Å². The van der Waals surface area contributed by atoms with Gasteiger partial charge in [0.1, 0.15) is 5.82 Å². The van der Waals surface area contributed by atoms with Gasteiger partial charge in [0, 0.05) is 38.9 Å². The summed E-state index contributed by atoms with van der Waals surface area (Å²) in [6, 6.07) is 6.00. The number of carbonyl (C=O) groups is 1. The van der Waals surface area contributed by atoms with E-state index in [1.165, 1.54) is 12.1 Å². The van der Waals surface area contributed by atoms with Gasteiger partial charge < -0.3 is 10.2 Å². The van der Waals surface area contributed by atoms with E-state index < -0.39 is 5.54 Å². The molecular weight excluding hydrogens is 257 g/mol. The number of likely N-dealkylation sites (N-methyl/N-ethyl adjacent to an activating group) is 1. The Labute approximate surface area is 119 Å². The summed E-state index contributed by atoms with van der Waals surface area (Å²) in [6.45, 7) is 7.40. The molecule has 1 fully saturated rings. The molecule has 0 spiro atoms. The van der Waals surface area contributed by atoms with Crippen molar-refractivity contribution in [2.24, 2.45) is 0 Å². The highest BCUT2D eigenvalue weighted by Gasteiger charge is 2.37. The number of nitrogens with one attached hydrogen (secondary N) is 1. The number of rotatable bonds is 3. The highest BCUT2D eigenvalue weighted by atomic mass is 19.1. The van der Waals surface area contributed by atoms with Crippen molar-refractivity contribution in [3.8, 4) is 0 Å². The lowest BCUT2D eigenvalue weighted by molar-refractivity contribution is -0.129. The molecule has 4 nitrogen and oxygen atoms in total. The van der Waals surface area contributed by atoms with Crippen LogP contribution in [0.3, 0.4) is 0 Å². The molecule has 0 radical (unpaired) electrons. The number of hydrogen-bond donors (Lipinski definition) is 1. The number of halogens is 1. The molecular formula is C15H22FN3O. The first-order chi connectivity index (χ1) is 9.43. The molecule has 1 saturated heterocycles. The average Bonchev–Trinajstić information content (AvgIpc) is 2.47. The van der Waals surface area contributed by atoms with Gasteiger partial charge in [0.2, 0.25) is 5.91 Å². The Kier molecular flexibility index (Phi) is 4.40. The standard InChI is InChI=1S/C15H22FN3O/c1-15(2,19-10-8-17-9-11-19)14(20)18(3)13-6-4-12(16)5-7-13/h4-7,17H,8-11H2,1-3H3. The third-order valence-electron chi connectivity index (χ3n) is 3.95. The number of carbonyl (C=O) groups excluding carboxylic acids is 1. The second-order valence-electron chi connectivity index (χ2n) is 5.64. The molecule has 1 aromatic carbocycles. The van der Waals surface area contributed by atoms with Gasteiger partial charge in [-0.25, -0.2) is 4.39 Å². The van der Waals surface area contributed by atoms with Gasteiger partial charge in [-0.2, -0.15) is 0 Å². The second kappa shape index (κ2) is 5.89. The number of anilines is 1. The normalized spacial score (nSPS) is 17.0. The predicted octanol–water partition coefficient (Wildman–Crippen LogP) is 1.47. The fourth-order valence-corrected chi connectivity index (χ4v) is 2.55. The summed E-state index contributed by atoms with van der Waals surface area (Å²) in [5.41, 5.74) is 0.144. The quantitative estimate of drug-likeness (QED) is 0.910. The van der Waals surface area contributed by atoms with Crippen molar-refractivity contribution in [2.75, 3.05) is 38.1 Å². The molecule has 0 aromatic heterocycles. The van der Waals surface area contributed by atoms with Crippen molar-refractivity contribution in [3.63, 3.8) is 0 Å². The van der Waals surface area contributed by atoms with E-state index in [9.17, 15) is 9.18 Å². The van der Waals surface area contributed by atoms with Crippen LogP contribution in [0.25, 0.3) is 0 Å². The third kappa shape index (κ3) is 2.99. The van der Waals surface area contributed by atoms with Crippen LogP contribution in [0.2, 0.25) is 0 Å². The van der Waals surface area contributed by atoms with Crippen LogP contribution in [0, 0.1) is 5.82 Å². The number of nitrogens with zero attached hydrogens (tertiary/aromatic N) is 2. The van der Waals surface area contributed by atoms with Crippen molar-refractivity contribution in [1.82, 2.24) is 10.2 Å². The lowest BCUT2D eigenvalue weighted by Crippen LogP contribution is -2.60. The topological polar surface area (TPSA) is 35.6 Å². The third-order valence-corrected chi connectivity index (χ3v) is 3.95. The maximum Gasteiger partial charge on any atom is 0.246 e. The summed E-state index contributed by atoms with van der Waals surface area (Å²) >= 11 is 0. The van der Waals surface area contributed by atoms with Gasteiger partial charge in [0.25, 0.3) is 0 Å². The Bertz CT molecular complexity index is 467. The summed E-state index contributed by atoms with van der Waals surface area (Å²) in [6.07, 6.45) is 0. The zero-order chi connectivity index (χ0) is 14.8. The fraction of sp³-hybridized carbons (Fsp3) is 0.533. The lowest BCUT2D eigenvalue weighted by Gasteiger charge is -2.41. The van der Waals surface area contributed by atoms with E-state index in [0.717, 1.165) is 26.2 Å². The van der Waals surface area contributed by atoms with Crippen molar-refractivity contribution in [2.45, 2.75) is 19.4 Å². The molecule has 0 atom stereocenters. The molecule has 0 aliphatic carbocycles. The molecule has 5 heteroatoms. The van der Waals surface area contributed by atoms with Gasteiger partial charge in [0.15, 0.2) is 0 Å². The minimum Gasteiger partial charge on any atom is -0.314 e. The average molecular weight is 279 g/mol. The Hall–Kier alpha value is -1.46.